The van der Waals surface area contributed by atoms with Gasteiger partial charge in [0.2, 0.25) is 17.7 Å². The van der Waals surface area contributed by atoms with E-state index in [0.29, 0.717) is 31.4 Å². The van der Waals surface area contributed by atoms with Crippen LogP contribution in [0.15, 0.2) is 30.3 Å². The number of hydrogen-bond donors (Lipinski definition) is 3. The molecular formula is C29H43N3O5. The Hall–Kier alpha value is -2.45. The largest absolute Gasteiger partial charge is 0.394 e. The maximum Gasteiger partial charge on any atom is 0.246 e. The van der Waals surface area contributed by atoms with Crippen molar-refractivity contribution in [1.29, 1.82) is 0 Å². The number of hydrogen-bond acceptors (Lipinski definition) is 5. The highest BCUT2D eigenvalue weighted by molar-refractivity contribution is 6.02. The van der Waals surface area contributed by atoms with Crippen molar-refractivity contribution < 1.29 is 24.2 Å². The van der Waals surface area contributed by atoms with E-state index in [-0.39, 0.29) is 36.3 Å². The van der Waals surface area contributed by atoms with Gasteiger partial charge in [-0.2, -0.15) is 0 Å². The average molecular weight is 514 g/mol. The van der Waals surface area contributed by atoms with Gasteiger partial charge in [0, 0.05) is 11.7 Å². The highest BCUT2D eigenvalue weighted by Crippen LogP contribution is 2.64. The van der Waals surface area contributed by atoms with Crippen LogP contribution in [-0.2, 0) is 19.1 Å². The van der Waals surface area contributed by atoms with Crippen LogP contribution in [0.1, 0.15) is 73.1 Å². The molecule has 3 unspecified atom stereocenters. The van der Waals surface area contributed by atoms with Gasteiger partial charge < -0.3 is 25.4 Å². The van der Waals surface area contributed by atoms with E-state index in [1.165, 1.54) is 0 Å². The van der Waals surface area contributed by atoms with Crippen molar-refractivity contribution >= 4 is 23.4 Å². The summed E-state index contributed by atoms with van der Waals surface area (Å²) in [6.45, 7) is 9.83. The standard InChI is InChI=1S/C29H43N3O5/c1-6-11-19(5)30-26(35)24-29-15-14-28(7-2,37-29)22(25(34)31-20-12-9-8-10-13-20)23(29)27(36)32(24)21(17-33)16-18(3)4/h8-10,12-13,18-19,21-24,33H,6-7,11,14-17H2,1-5H3,(H,30,35)(H,31,34)/t19?,21-,22+,23+,24?,28-,29?/m1/s1. The number of anilines is 1. The molecule has 3 amide bonds. The number of para-hydroxylation sites is 1. The lowest BCUT2D eigenvalue weighted by molar-refractivity contribution is -0.150. The molecule has 3 heterocycles. The van der Waals surface area contributed by atoms with E-state index in [2.05, 4.69) is 17.6 Å². The summed E-state index contributed by atoms with van der Waals surface area (Å²) in [5.41, 5.74) is -1.23. The Labute approximate surface area is 220 Å². The second-order valence-electron chi connectivity index (χ2n) is 11.6. The number of benzene rings is 1. The number of likely N-dealkylation sites (tertiary alicyclic amines) is 1. The molecule has 0 radical (unpaired) electrons. The molecule has 37 heavy (non-hydrogen) atoms. The Balaban J connectivity index is 1.76. The van der Waals surface area contributed by atoms with Crippen molar-refractivity contribution in [2.45, 2.75) is 102 Å². The molecule has 1 aromatic rings. The van der Waals surface area contributed by atoms with Gasteiger partial charge >= 0.3 is 0 Å². The predicted octanol–water partition coefficient (Wildman–Crippen LogP) is 3.49. The normalized spacial score (nSPS) is 31.9. The summed E-state index contributed by atoms with van der Waals surface area (Å²) in [5.74, 6) is -2.05. The minimum absolute atomic E-state index is 0.0570. The molecule has 7 atom stereocenters. The lowest BCUT2D eigenvalue weighted by Gasteiger charge is -2.38. The van der Waals surface area contributed by atoms with Gasteiger partial charge in [-0.1, -0.05) is 52.3 Å². The molecule has 3 saturated heterocycles. The summed E-state index contributed by atoms with van der Waals surface area (Å²) in [4.78, 5) is 43.6. The van der Waals surface area contributed by atoms with Crippen molar-refractivity contribution in [3.05, 3.63) is 30.3 Å². The molecular weight excluding hydrogens is 470 g/mol. The lowest BCUT2D eigenvalue weighted by Crippen LogP contribution is -2.59. The van der Waals surface area contributed by atoms with Crippen LogP contribution in [0.4, 0.5) is 5.69 Å². The maximum atomic E-state index is 14.3. The molecule has 1 aromatic carbocycles. The Morgan fingerprint density at radius 2 is 1.84 bits per heavy atom. The Bertz CT molecular complexity index is 1000. The first-order chi connectivity index (χ1) is 17.6. The smallest absolute Gasteiger partial charge is 0.246 e. The molecule has 3 fully saturated rings. The predicted molar refractivity (Wildman–Crippen MR) is 142 cm³/mol. The zero-order chi connectivity index (χ0) is 27.0. The van der Waals surface area contributed by atoms with Gasteiger partial charge in [-0.15, -0.1) is 0 Å². The van der Waals surface area contributed by atoms with Crippen molar-refractivity contribution in [2.75, 3.05) is 11.9 Å². The zero-order valence-corrected chi connectivity index (χ0v) is 22.8. The van der Waals surface area contributed by atoms with Crippen LogP contribution in [0.5, 0.6) is 0 Å². The van der Waals surface area contributed by atoms with E-state index in [4.69, 9.17) is 4.74 Å². The highest BCUT2D eigenvalue weighted by Gasteiger charge is 2.79. The quantitative estimate of drug-likeness (QED) is 0.420. The van der Waals surface area contributed by atoms with Crippen LogP contribution in [0.3, 0.4) is 0 Å². The first-order valence-electron chi connectivity index (χ1n) is 13.9. The first-order valence-corrected chi connectivity index (χ1v) is 13.9. The summed E-state index contributed by atoms with van der Waals surface area (Å²) in [5, 5.41) is 16.5. The van der Waals surface area contributed by atoms with Crippen LogP contribution >= 0.6 is 0 Å². The fraction of sp³-hybridized carbons (Fsp3) is 0.690. The van der Waals surface area contributed by atoms with Gasteiger partial charge in [-0.05, 0) is 57.1 Å². The summed E-state index contributed by atoms with van der Waals surface area (Å²) >= 11 is 0. The monoisotopic (exact) mass is 513 g/mol. The number of amides is 3. The molecule has 0 aromatic heterocycles. The van der Waals surface area contributed by atoms with Gasteiger partial charge in [0.05, 0.1) is 30.1 Å². The number of nitrogens with zero attached hydrogens (tertiary/aromatic N) is 1. The number of fused-ring (bicyclic) bond motifs is 1. The molecule has 8 nitrogen and oxygen atoms in total. The number of aliphatic hydroxyl groups is 1. The third-order valence-electron chi connectivity index (χ3n) is 8.65. The number of ether oxygens (including phenoxy) is 1. The molecule has 3 aliphatic heterocycles. The number of rotatable bonds is 11. The maximum absolute atomic E-state index is 14.3. The summed E-state index contributed by atoms with van der Waals surface area (Å²) in [6, 6.07) is 7.75. The average Bonchev–Trinajstić information content (AvgIpc) is 3.46. The summed E-state index contributed by atoms with van der Waals surface area (Å²) in [6.07, 6.45) is 4.01. The summed E-state index contributed by atoms with van der Waals surface area (Å²) < 4.78 is 6.80. The van der Waals surface area contributed by atoms with E-state index in [0.717, 1.165) is 12.8 Å². The molecule has 8 heteroatoms. The molecule has 4 rings (SSSR count). The third-order valence-corrected chi connectivity index (χ3v) is 8.65. The van der Waals surface area contributed by atoms with Crippen LogP contribution in [0.25, 0.3) is 0 Å². The fourth-order valence-corrected chi connectivity index (χ4v) is 7.14. The molecule has 0 saturated carbocycles. The van der Waals surface area contributed by atoms with Crippen LogP contribution < -0.4 is 10.6 Å². The lowest BCUT2D eigenvalue weighted by atomic mass is 9.65. The van der Waals surface area contributed by atoms with Gasteiger partial charge in [0.1, 0.15) is 11.6 Å². The second kappa shape index (κ2) is 10.7. The Morgan fingerprint density at radius 3 is 2.43 bits per heavy atom. The number of carbonyl (C=O) groups is 3. The first kappa shape index (κ1) is 27.6. The second-order valence-corrected chi connectivity index (χ2v) is 11.6. The van der Waals surface area contributed by atoms with E-state index in [1.807, 2.05) is 58.0 Å². The van der Waals surface area contributed by atoms with Crippen molar-refractivity contribution in [2.24, 2.45) is 17.8 Å². The molecule has 2 bridgehead atoms. The van der Waals surface area contributed by atoms with Crippen molar-refractivity contribution in [3.63, 3.8) is 0 Å². The molecule has 1 spiro atoms. The van der Waals surface area contributed by atoms with Crippen molar-refractivity contribution in [3.8, 4) is 0 Å². The summed E-state index contributed by atoms with van der Waals surface area (Å²) in [7, 11) is 0. The van der Waals surface area contributed by atoms with Gasteiger partial charge in [0.25, 0.3) is 0 Å². The molecule has 3 N–H and O–H groups in total. The molecule has 204 valence electrons. The van der Waals surface area contributed by atoms with Gasteiger partial charge in [0.15, 0.2) is 0 Å². The molecule has 0 aliphatic carbocycles. The Morgan fingerprint density at radius 1 is 1.14 bits per heavy atom. The van der Waals surface area contributed by atoms with Crippen molar-refractivity contribution in [1.82, 2.24) is 10.2 Å². The Kier molecular flexibility index (Phi) is 8.00. The minimum atomic E-state index is -1.09. The highest BCUT2D eigenvalue weighted by atomic mass is 16.5. The zero-order valence-electron chi connectivity index (χ0n) is 22.8. The molecule has 3 aliphatic rings. The topological polar surface area (TPSA) is 108 Å². The van der Waals surface area contributed by atoms with E-state index < -0.39 is 35.1 Å². The number of nitrogens with one attached hydrogen (secondary N) is 2. The van der Waals surface area contributed by atoms with Crippen LogP contribution in [0.2, 0.25) is 0 Å². The number of aliphatic hydroxyl groups excluding tert-OH is 1. The van der Waals surface area contributed by atoms with E-state index in [9.17, 15) is 19.5 Å². The minimum Gasteiger partial charge on any atom is -0.394 e. The third kappa shape index (κ3) is 4.67. The van der Waals surface area contributed by atoms with Gasteiger partial charge in [-0.25, -0.2) is 0 Å². The number of carbonyl (C=O) groups excluding carboxylic acids is 3. The van der Waals surface area contributed by atoms with Gasteiger partial charge in [-0.3, -0.25) is 14.4 Å². The SMILES string of the molecule is CCCC(C)NC(=O)C1N([C@@H](CO)CC(C)C)C(=O)[C@@H]2[C@@H](C(=O)Nc3ccccc3)[C@@]3(CC)CCC12O3. The van der Waals surface area contributed by atoms with E-state index >= 15 is 0 Å². The van der Waals surface area contributed by atoms with Crippen LogP contribution in [0, 0.1) is 17.8 Å². The van der Waals surface area contributed by atoms with Crippen LogP contribution in [-0.4, -0.2) is 63.7 Å². The fourth-order valence-electron chi connectivity index (χ4n) is 7.14. The van der Waals surface area contributed by atoms with E-state index in [1.54, 1.807) is 4.90 Å².